The number of amides is 4. The van der Waals surface area contributed by atoms with Crippen molar-refractivity contribution in [3.05, 3.63) is 70.5 Å². The van der Waals surface area contributed by atoms with Crippen LogP contribution in [0.4, 0.5) is 13.2 Å². The van der Waals surface area contributed by atoms with Crippen LogP contribution in [-0.2, 0) is 33.3 Å². The maximum atomic E-state index is 14.3. The van der Waals surface area contributed by atoms with Crippen LogP contribution in [0.1, 0.15) is 39.9 Å². The Morgan fingerprint density at radius 2 is 1.91 bits per heavy atom. The minimum atomic E-state index is -4.02. The Labute approximate surface area is 186 Å². The number of alkyl halides is 2. The minimum absolute atomic E-state index is 0.119. The Morgan fingerprint density at radius 3 is 2.64 bits per heavy atom. The second-order valence-corrected chi connectivity index (χ2v) is 7.95. The third-order valence-corrected chi connectivity index (χ3v) is 5.78. The van der Waals surface area contributed by atoms with Gasteiger partial charge in [0, 0.05) is 25.1 Å². The summed E-state index contributed by atoms with van der Waals surface area (Å²) in [5, 5.41) is 4.36. The summed E-state index contributed by atoms with van der Waals surface area (Å²) in [6.07, 6.45) is 0.609. The minimum Gasteiger partial charge on any atom is -0.350 e. The molecule has 0 radical (unpaired) electrons. The first-order chi connectivity index (χ1) is 15.7. The summed E-state index contributed by atoms with van der Waals surface area (Å²) in [6.45, 7) is 0.0679. The Kier molecular flexibility index (Phi) is 5.92. The Bertz CT molecular complexity index is 1150. The molecule has 1 saturated heterocycles. The monoisotopic (exact) mass is 459 g/mol. The molecule has 2 aromatic rings. The number of fused-ring (bicyclic) bond motifs is 1. The van der Waals surface area contributed by atoms with Gasteiger partial charge in [-0.3, -0.25) is 24.5 Å². The number of carbonyl (C=O) groups is 4. The highest BCUT2D eigenvalue weighted by atomic mass is 19.3. The molecule has 4 amide bonds. The van der Waals surface area contributed by atoms with E-state index in [4.69, 9.17) is 0 Å². The molecule has 2 aliphatic heterocycles. The largest absolute Gasteiger partial charge is 0.352 e. The summed E-state index contributed by atoms with van der Waals surface area (Å²) < 4.78 is 42.2. The van der Waals surface area contributed by atoms with Gasteiger partial charge in [0.2, 0.25) is 11.8 Å². The molecule has 0 saturated carbocycles. The van der Waals surface area contributed by atoms with Crippen molar-refractivity contribution < 1.29 is 32.3 Å². The van der Waals surface area contributed by atoms with Crippen molar-refractivity contribution in [2.45, 2.75) is 37.8 Å². The zero-order valence-electron chi connectivity index (χ0n) is 17.4. The Balaban J connectivity index is 1.38. The lowest BCUT2D eigenvalue weighted by atomic mass is 10.0. The SMILES string of the molecule is O=C1CCC(N2Cc3cc(CCNC(=O)C(F)(F)c4ccccc4F)ccc3C2=O)C(=O)N1. The van der Waals surface area contributed by atoms with Crippen LogP contribution in [0.2, 0.25) is 0 Å². The van der Waals surface area contributed by atoms with Gasteiger partial charge < -0.3 is 10.2 Å². The zero-order chi connectivity index (χ0) is 23.8. The highest BCUT2D eigenvalue weighted by Crippen LogP contribution is 2.30. The van der Waals surface area contributed by atoms with E-state index in [1.807, 2.05) is 0 Å². The maximum absolute atomic E-state index is 14.3. The number of hydrogen-bond acceptors (Lipinski definition) is 4. The number of hydrogen-bond donors (Lipinski definition) is 2. The lowest BCUT2D eigenvalue weighted by Crippen LogP contribution is -2.52. The van der Waals surface area contributed by atoms with Crippen molar-refractivity contribution in [2.24, 2.45) is 0 Å². The van der Waals surface area contributed by atoms with Crippen LogP contribution >= 0.6 is 0 Å². The second kappa shape index (κ2) is 8.68. The topological polar surface area (TPSA) is 95.6 Å². The summed E-state index contributed by atoms with van der Waals surface area (Å²) in [5.41, 5.74) is 0.803. The standard InChI is InChI=1S/C23H20F3N3O4/c24-17-4-2-1-3-16(17)23(25,26)22(33)27-10-9-13-5-6-15-14(11-13)12-29(21(15)32)18-7-8-19(30)28-20(18)31/h1-6,11,18H,7-10,12H2,(H,27,33)(H,28,30,31). The fourth-order valence-electron chi connectivity index (χ4n) is 4.05. The number of halogens is 3. The quantitative estimate of drug-likeness (QED) is 0.647. The molecule has 2 aromatic carbocycles. The van der Waals surface area contributed by atoms with E-state index in [1.165, 1.54) is 17.0 Å². The third kappa shape index (κ3) is 4.33. The number of rotatable bonds is 6. The van der Waals surface area contributed by atoms with Crippen LogP contribution in [-0.4, -0.2) is 41.1 Å². The average molecular weight is 459 g/mol. The normalized spacial score (nSPS) is 18.2. The highest BCUT2D eigenvalue weighted by Gasteiger charge is 2.43. The third-order valence-electron chi connectivity index (χ3n) is 5.78. The first kappa shape index (κ1) is 22.5. The number of imide groups is 1. The molecule has 0 bridgehead atoms. The van der Waals surface area contributed by atoms with Crippen molar-refractivity contribution in [1.82, 2.24) is 15.5 Å². The van der Waals surface area contributed by atoms with Crippen LogP contribution in [0.3, 0.4) is 0 Å². The number of nitrogens with one attached hydrogen (secondary N) is 2. The van der Waals surface area contributed by atoms with E-state index in [9.17, 15) is 32.3 Å². The molecule has 1 atom stereocenters. The van der Waals surface area contributed by atoms with Crippen molar-refractivity contribution in [3.63, 3.8) is 0 Å². The van der Waals surface area contributed by atoms with E-state index in [0.717, 1.165) is 12.1 Å². The van der Waals surface area contributed by atoms with Gasteiger partial charge in [-0.25, -0.2) is 4.39 Å². The van der Waals surface area contributed by atoms with Crippen LogP contribution in [0.25, 0.3) is 0 Å². The van der Waals surface area contributed by atoms with E-state index in [1.54, 1.807) is 18.2 Å². The van der Waals surface area contributed by atoms with Crippen LogP contribution in [0, 0.1) is 5.82 Å². The van der Waals surface area contributed by atoms with Gasteiger partial charge in [0.15, 0.2) is 0 Å². The lowest BCUT2D eigenvalue weighted by Gasteiger charge is -2.29. The molecule has 1 unspecified atom stereocenters. The van der Waals surface area contributed by atoms with E-state index < -0.39 is 35.2 Å². The molecule has 7 nitrogen and oxygen atoms in total. The first-order valence-electron chi connectivity index (χ1n) is 10.4. The first-order valence-corrected chi connectivity index (χ1v) is 10.4. The molecule has 172 valence electrons. The fraction of sp³-hybridized carbons (Fsp3) is 0.304. The molecule has 10 heteroatoms. The van der Waals surface area contributed by atoms with Gasteiger partial charge in [-0.15, -0.1) is 0 Å². The Morgan fingerprint density at radius 1 is 1.15 bits per heavy atom. The molecular weight excluding hydrogens is 439 g/mol. The van der Waals surface area contributed by atoms with E-state index in [-0.39, 0.29) is 44.2 Å². The van der Waals surface area contributed by atoms with E-state index >= 15 is 0 Å². The summed E-state index contributed by atoms with van der Waals surface area (Å²) in [7, 11) is 0. The molecule has 4 rings (SSSR count). The van der Waals surface area contributed by atoms with Crippen molar-refractivity contribution in [3.8, 4) is 0 Å². The van der Waals surface area contributed by atoms with Gasteiger partial charge in [0.05, 0.1) is 5.56 Å². The number of nitrogens with zero attached hydrogens (tertiary/aromatic N) is 1. The number of piperidine rings is 1. The van der Waals surface area contributed by atoms with Crippen molar-refractivity contribution >= 4 is 23.6 Å². The lowest BCUT2D eigenvalue weighted by molar-refractivity contribution is -0.147. The number of carbonyl (C=O) groups excluding carboxylic acids is 4. The summed E-state index contributed by atoms with van der Waals surface area (Å²) in [5.74, 6) is -7.98. The van der Waals surface area contributed by atoms with Gasteiger partial charge in [-0.2, -0.15) is 8.78 Å². The molecule has 2 heterocycles. The summed E-state index contributed by atoms with van der Waals surface area (Å²) in [4.78, 5) is 49.5. The molecule has 33 heavy (non-hydrogen) atoms. The van der Waals surface area contributed by atoms with Crippen LogP contribution < -0.4 is 10.6 Å². The van der Waals surface area contributed by atoms with Gasteiger partial charge in [0.1, 0.15) is 11.9 Å². The molecule has 1 fully saturated rings. The van der Waals surface area contributed by atoms with Gasteiger partial charge in [-0.1, -0.05) is 24.3 Å². The van der Waals surface area contributed by atoms with E-state index in [0.29, 0.717) is 16.7 Å². The number of benzene rings is 2. The molecule has 0 aliphatic carbocycles. The molecule has 2 aliphatic rings. The maximum Gasteiger partial charge on any atom is 0.352 e. The highest BCUT2D eigenvalue weighted by molar-refractivity contribution is 6.05. The predicted molar refractivity (Wildman–Crippen MR) is 109 cm³/mol. The fourth-order valence-corrected chi connectivity index (χ4v) is 4.05. The van der Waals surface area contributed by atoms with Gasteiger partial charge >= 0.3 is 5.92 Å². The Hall–Kier alpha value is -3.69. The van der Waals surface area contributed by atoms with Crippen LogP contribution in [0.15, 0.2) is 42.5 Å². The van der Waals surface area contributed by atoms with Crippen molar-refractivity contribution in [1.29, 1.82) is 0 Å². The zero-order valence-corrected chi connectivity index (χ0v) is 17.4. The predicted octanol–water partition coefficient (Wildman–Crippen LogP) is 2.04. The van der Waals surface area contributed by atoms with E-state index in [2.05, 4.69) is 10.6 Å². The molecule has 0 spiro atoms. The smallest absolute Gasteiger partial charge is 0.350 e. The molecule has 0 aromatic heterocycles. The van der Waals surface area contributed by atoms with Gasteiger partial charge in [0.25, 0.3) is 11.8 Å². The molecular formula is C23H20F3N3O4. The van der Waals surface area contributed by atoms with Gasteiger partial charge in [-0.05, 0) is 42.2 Å². The average Bonchev–Trinajstić information content (AvgIpc) is 3.09. The second-order valence-electron chi connectivity index (χ2n) is 7.95. The van der Waals surface area contributed by atoms with Crippen LogP contribution in [0.5, 0.6) is 0 Å². The summed E-state index contributed by atoms with van der Waals surface area (Å²) in [6, 6.07) is 8.43. The molecule has 2 N–H and O–H groups in total. The summed E-state index contributed by atoms with van der Waals surface area (Å²) >= 11 is 0. The van der Waals surface area contributed by atoms with Crippen molar-refractivity contribution in [2.75, 3.05) is 6.54 Å².